The molecule has 1 N–H and O–H groups in total. The molecule has 1 unspecified atom stereocenters. The lowest BCUT2D eigenvalue weighted by atomic mass is 9.97. The molecule has 1 saturated heterocycles. The maximum Gasteiger partial charge on any atom is 0.272 e. The maximum absolute atomic E-state index is 12.7. The van der Waals surface area contributed by atoms with Crippen LogP contribution in [0.2, 0.25) is 0 Å². The zero-order chi connectivity index (χ0) is 16.7. The van der Waals surface area contributed by atoms with E-state index in [0.717, 1.165) is 36.2 Å². The first kappa shape index (κ1) is 14.9. The van der Waals surface area contributed by atoms with Crippen LogP contribution in [0.5, 0.6) is 0 Å². The lowest BCUT2D eigenvalue weighted by molar-refractivity contribution is 0.0693. The van der Waals surface area contributed by atoms with Crippen LogP contribution < -0.4 is 0 Å². The molecule has 1 fully saturated rings. The second kappa shape index (κ2) is 5.78. The smallest absolute Gasteiger partial charge is 0.272 e. The Balaban J connectivity index is 1.59. The number of amides is 1. The van der Waals surface area contributed by atoms with Crippen molar-refractivity contribution in [3.8, 4) is 0 Å². The second-order valence-corrected chi connectivity index (χ2v) is 6.52. The van der Waals surface area contributed by atoms with E-state index in [2.05, 4.69) is 29.1 Å². The SMILES string of the molecule is Cc1cccc2[nH]c(C3CCCN(C(=O)c4ccnn4C)C3)nc12. The number of fused-ring (bicyclic) bond motifs is 1. The topological polar surface area (TPSA) is 66.8 Å². The minimum Gasteiger partial charge on any atom is -0.342 e. The third kappa shape index (κ3) is 2.48. The van der Waals surface area contributed by atoms with E-state index in [1.807, 2.05) is 11.0 Å². The van der Waals surface area contributed by atoms with Gasteiger partial charge in [0.1, 0.15) is 11.5 Å². The van der Waals surface area contributed by atoms with E-state index in [4.69, 9.17) is 4.98 Å². The normalized spacial score (nSPS) is 18.2. The van der Waals surface area contributed by atoms with E-state index in [0.29, 0.717) is 12.2 Å². The Labute approximate surface area is 140 Å². The fourth-order valence-electron chi connectivity index (χ4n) is 3.52. The molecule has 6 heteroatoms. The summed E-state index contributed by atoms with van der Waals surface area (Å²) in [6.07, 6.45) is 3.70. The Kier molecular flexibility index (Phi) is 3.59. The molecule has 1 aliphatic heterocycles. The Morgan fingerprint density at radius 2 is 2.21 bits per heavy atom. The summed E-state index contributed by atoms with van der Waals surface area (Å²) in [6.45, 7) is 3.56. The van der Waals surface area contributed by atoms with Gasteiger partial charge in [0.15, 0.2) is 0 Å². The van der Waals surface area contributed by atoms with E-state index >= 15 is 0 Å². The first-order valence-electron chi connectivity index (χ1n) is 8.36. The van der Waals surface area contributed by atoms with Gasteiger partial charge in [-0.2, -0.15) is 5.10 Å². The van der Waals surface area contributed by atoms with Crippen LogP contribution in [0.1, 0.15) is 40.6 Å². The number of imidazole rings is 1. The summed E-state index contributed by atoms with van der Waals surface area (Å²) < 4.78 is 1.64. The van der Waals surface area contributed by atoms with Crippen LogP contribution in [0, 0.1) is 6.92 Å². The van der Waals surface area contributed by atoms with Gasteiger partial charge in [-0.3, -0.25) is 9.48 Å². The number of rotatable bonds is 2. The van der Waals surface area contributed by atoms with Crippen molar-refractivity contribution < 1.29 is 4.79 Å². The fraction of sp³-hybridized carbons (Fsp3) is 0.389. The molecular weight excluding hydrogens is 302 g/mol. The lowest BCUT2D eigenvalue weighted by Gasteiger charge is -2.31. The minimum atomic E-state index is 0.0481. The molecule has 124 valence electrons. The number of aromatic nitrogens is 4. The highest BCUT2D eigenvalue weighted by atomic mass is 16.2. The first-order valence-corrected chi connectivity index (χ1v) is 8.36. The van der Waals surface area contributed by atoms with E-state index in [-0.39, 0.29) is 11.8 Å². The number of aryl methyl sites for hydroxylation is 2. The molecule has 1 amide bonds. The minimum absolute atomic E-state index is 0.0481. The van der Waals surface area contributed by atoms with Gasteiger partial charge in [0, 0.05) is 32.3 Å². The highest BCUT2D eigenvalue weighted by molar-refractivity contribution is 5.92. The molecule has 4 rings (SSSR count). The Morgan fingerprint density at radius 1 is 1.33 bits per heavy atom. The Bertz CT molecular complexity index is 894. The number of piperidine rings is 1. The van der Waals surface area contributed by atoms with Gasteiger partial charge < -0.3 is 9.88 Å². The van der Waals surface area contributed by atoms with Crippen LogP contribution in [0.3, 0.4) is 0 Å². The van der Waals surface area contributed by atoms with Crippen molar-refractivity contribution in [2.45, 2.75) is 25.7 Å². The van der Waals surface area contributed by atoms with Crippen molar-refractivity contribution in [3.05, 3.63) is 47.5 Å². The number of aromatic amines is 1. The van der Waals surface area contributed by atoms with Gasteiger partial charge in [-0.15, -0.1) is 0 Å². The second-order valence-electron chi connectivity index (χ2n) is 6.52. The van der Waals surface area contributed by atoms with Crippen LogP contribution in [-0.2, 0) is 7.05 Å². The summed E-state index contributed by atoms with van der Waals surface area (Å²) in [7, 11) is 1.80. The van der Waals surface area contributed by atoms with Gasteiger partial charge in [-0.1, -0.05) is 12.1 Å². The van der Waals surface area contributed by atoms with Gasteiger partial charge in [-0.05, 0) is 37.5 Å². The molecule has 0 aliphatic carbocycles. The summed E-state index contributed by atoms with van der Waals surface area (Å²) in [5.41, 5.74) is 3.91. The summed E-state index contributed by atoms with van der Waals surface area (Å²) >= 11 is 0. The van der Waals surface area contributed by atoms with E-state index in [1.54, 1.807) is 24.0 Å². The number of para-hydroxylation sites is 1. The molecule has 0 spiro atoms. The summed E-state index contributed by atoms with van der Waals surface area (Å²) in [6, 6.07) is 7.95. The fourth-order valence-corrected chi connectivity index (χ4v) is 3.52. The molecule has 1 aromatic carbocycles. The molecule has 1 atom stereocenters. The molecule has 0 bridgehead atoms. The highest BCUT2D eigenvalue weighted by Crippen LogP contribution is 2.28. The van der Waals surface area contributed by atoms with Gasteiger partial charge in [0.25, 0.3) is 5.91 Å². The molecule has 0 radical (unpaired) electrons. The van der Waals surface area contributed by atoms with Gasteiger partial charge in [0.2, 0.25) is 0 Å². The summed E-state index contributed by atoms with van der Waals surface area (Å²) in [4.78, 5) is 22.9. The maximum atomic E-state index is 12.7. The average molecular weight is 323 g/mol. The summed E-state index contributed by atoms with van der Waals surface area (Å²) in [5.74, 6) is 1.29. The number of hydrogen-bond acceptors (Lipinski definition) is 3. The van der Waals surface area contributed by atoms with E-state index in [1.165, 1.54) is 5.56 Å². The van der Waals surface area contributed by atoms with Gasteiger partial charge in [-0.25, -0.2) is 4.98 Å². The van der Waals surface area contributed by atoms with Gasteiger partial charge in [0.05, 0.1) is 11.0 Å². The van der Waals surface area contributed by atoms with Crippen molar-refractivity contribution in [2.75, 3.05) is 13.1 Å². The molecule has 6 nitrogen and oxygen atoms in total. The first-order chi connectivity index (χ1) is 11.6. The highest BCUT2D eigenvalue weighted by Gasteiger charge is 2.28. The molecule has 2 aromatic heterocycles. The third-order valence-electron chi connectivity index (χ3n) is 4.87. The quantitative estimate of drug-likeness (QED) is 0.788. The molecule has 1 aliphatic rings. The molecule has 3 aromatic rings. The van der Waals surface area contributed by atoms with Crippen molar-refractivity contribution >= 4 is 16.9 Å². The predicted octanol–water partition coefficient (Wildman–Crippen LogP) is 2.62. The van der Waals surface area contributed by atoms with Crippen molar-refractivity contribution in [1.82, 2.24) is 24.6 Å². The lowest BCUT2D eigenvalue weighted by Crippen LogP contribution is -2.40. The third-order valence-corrected chi connectivity index (χ3v) is 4.87. The molecular formula is C18H21N5O. The molecule has 24 heavy (non-hydrogen) atoms. The zero-order valence-electron chi connectivity index (χ0n) is 14.0. The van der Waals surface area contributed by atoms with Crippen LogP contribution >= 0.6 is 0 Å². The summed E-state index contributed by atoms with van der Waals surface area (Å²) in [5, 5.41) is 4.10. The number of nitrogens with one attached hydrogen (secondary N) is 1. The van der Waals surface area contributed by atoms with Crippen LogP contribution in [0.15, 0.2) is 30.5 Å². The Hall–Kier alpha value is -2.63. The van der Waals surface area contributed by atoms with Gasteiger partial charge >= 0.3 is 0 Å². The van der Waals surface area contributed by atoms with Crippen molar-refractivity contribution in [1.29, 1.82) is 0 Å². The van der Waals surface area contributed by atoms with Crippen LogP contribution in [-0.4, -0.2) is 43.6 Å². The van der Waals surface area contributed by atoms with Crippen molar-refractivity contribution in [3.63, 3.8) is 0 Å². The van der Waals surface area contributed by atoms with E-state index < -0.39 is 0 Å². The van der Waals surface area contributed by atoms with E-state index in [9.17, 15) is 4.79 Å². The largest absolute Gasteiger partial charge is 0.342 e. The number of hydrogen-bond donors (Lipinski definition) is 1. The number of benzene rings is 1. The monoisotopic (exact) mass is 323 g/mol. The van der Waals surface area contributed by atoms with Crippen LogP contribution in [0.25, 0.3) is 11.0 Å². The average Bonchev–Trinajstić information content (AvgIpc) is 3.21. The standard InChI is InChI=1S/C18H21N5O/c1-12-5-3-7-14-16(12)21-17(20-14)13-6-4-10-23(11-13)18(24)15-8-9-19-22(15)2/h3,5,7-9,13H,4,6,10-11H2,1-2H3,(H,20,21). The Morgan fingerprint density at radius 3 is 2.96 bits per heavy atom. The van der Waals surface area contributed by atoms with Crippen molar-refractivity contribution in [2.24, 2.45) is 7.05 Å². The number of likely N-dealkylation sites (tertiary alicyclic amines) is 1. The number of H-pyrrole nitrogens is 1. The molecule has 3 heterocycles. The number of carbonyl (C=O) groups is 1. The predicted molar refractivity (Wildman–Crippen MR) is 91.9 cm³/mol. The number of carbonyl (C=O) groups excluding carboxylic acids is 1. The molecule has 0 saturated carbocycles. The zero-order valence-corrected chi connectivity index (χ0v) is 14.0. The number of nitrogens with zero attached hydrogens (tertiary/aromatic N) is 4. The van der Waals surface area contributed by atoms with Crippen LogP contribution in [0.4, 0.5) is 0 Å².